The van der Waals surface area contributed by atoms with Gasteiger partial charge in [0.1, 0.15) is 11.9 Å². The number of nitrogens with zero attached hydrogens (tertiary/aromatic N) is 1. The van der Waals surface area contributed by atoms with Crippen LogP contribution in [0.25, 0.3) is 0 Å². The number of nitriles is 1. The third-order valence-corrected chi connectivity index (χ3v) is 5.95. The van der Waals surface area contributed by atoms with Crippen LogP contribution < -0.4 is 0 Å². The Morgan fingerprint density at radius 3 is 2.46 bits per heavy atom. The van der Waals surface area contributed by atoms with E-state index in [1.807, 2.05) is 12.1 Å². The van der Waals surface area contributed by atoms with Gasteiger partial charge in [-0.1, -0.05) is 32.3 Å². The summed E-state index contributed by atoms with van der Waals surface area (Å²) in [6, 6.07) is 6.93. The van der Waals surface area contributed by atoms with Crippen molar-refractivity contribution in [2.75, 3.05) is 13.2 Å². The first-order valence-electron chi connectivity index (χ1n) is 10.1. The molecule has 0 radical (unpaired) electrons. The van der Waals surface area contributed by atoms with Crippen molar-refractivity contribution in [3.05, 3.63) is 35.1 Å². The van der Waals surface area contributed by atoms with Crippen LogP contribution >= 0.6 is 0 Å². The van der Waals surface area contributed by atoms with E-state index in [9.17, 15) is 4.39 Å². The molecular formula is C22H30FNO2. The van der Waals surface area contributed by atoms with E-state index in [4.69, 9.17) is 14.7 Å². The van der Waals surface area contributed by atoms with Crippen molar-refractivity contribution in [3.8, 4) is 6.07 Å². The van der Waals surface area contributed by atoms with E-state index in [1.165, 1.54) is 31.7 Å². The number of benzene rings is 1. The molecule has 4 heteroatoms. The van der Waals surface area contributed by atoms with Crippen LogP contribution in [0.4, 0.5) is 4.39 Å². The van der Waals surface area contributed by atoms with Crippen molar-refractivity contribution in [1.29, 1.82) is 5.26 Å². The van der Waals surface area contributed by atoms with Gasteiger partial charge in [0.15, 0.2) is 6.29 Å². The second kappa shape index (κ2) is 9.48. The lowest BCUT2D eigenvalue weighted by atomic mass is 9.78. The SMILES string of the molecule is CCCCCC1COC([C@H]2CC[C@H](c3ccc(C#N)c(F)c3)CC2)OC1. The van der Waals surface area contributed by atoms with Crippen LogP contribution in [0, 0.1) is 29.0 Å². The van der Waals surface area contributed by atoms with E-state index in [0.717, 1.165) is 44.5 Å². The lowest BCUT2D eigenvalue weighted by Gasteiger charge is -2.37. The van der Waals surface area contributed by atoms with Gasteiger partial charge >= 0.3 is 0 Å². The number of ether oxygens (including phenoxy) is 2. The average molecular weight is 359 g/mol. The summed E-state index contributed by atoms with van der Waals surface area (Å²) in [4.78, 5) is 0. The van der Waals surface area contributed by atoms with E-state index in [2.05, 4.69) is 6.92 Å². The Kier molecular flexibility index (Phi) is 7.05. The van der Waals surface area contributed by atoms with Gasteiger partial charge in [-0.15, -0.1) is 0 Å². The molecule has 0 spiro atoms. The van der Waals surface area contributed by atoms with Gasteiger partial charge < -0.3 is 9.47 Å². The van der Waals surface area contributed by atoms with Crippen LogP contribution in [-0.2, 0) is 9.47 Å². The molecule has 0 amide bonds. The zero-order valence-electron chi connectivity index (χ0n) is 15.8. The Morgan fingerprint density at radius 2 is 1.85 bits per heavy atom. The Hall–Kier alpha value is -1.44. The molecule has 1 aliphatic carbocycles. The zero-order chi connectivity index (χ0) is 18.4. The van der Waals surface area contributed by atoms with Gasteiger partial charge in [0.05, 0.1) is 18.8 Å². The van der Waals surface area contributed by atoms with Crippen LogP contribution in [0.5, 0.6) is 0 Å². The monoisotopic (exact) mass is 359 g/mol. The predicted molar refractivity (Wildman–Crippen MR) is 99.1 cm³/mol. The molecule has 2 aliphatic rings. The summed E-state index contributed by atoms with van der Waals surface area (Å²) in [5, 5.41) is 8.86. The van der Waals surface area contributed by atoms with E-state index >= 15 is 0 Å². The van der Waals surface area contributed by atoms with Crippen molar-refractivity contribution in [2.24, 2.45) is 11.8 Å². The molecule has 1 saturated carbocycles. The molecule has 1 aromatic rings. The van der Waals surface area contributed by atoms with Crippen LogP contribution in [0.3, 0.4) is 0 Å². The lowest BCUT2D eigenvalue weighted by molar-refractivity contribution is -0.229. The fourth-order valence-electron chi connectivity index (χ4n) is 4.28. The number of rotatable bonds is 6. The van der Waals surface area contributed by atoms with E-state index < -0.39 is 5.82 Å². The third kappa shape index (κ3) is 4.84. The minimum Gasteiger partial charge on any atom is -0.352 e. The van der Waals surface area contributed by atoms with Crippen molar-refractivity contribution < 1.29 is 13.9 Å². The van der Waals surface area contributed by atoms with Gasteiger partial charge in [-0.2, -0.15) is 5.26 Å². The minimum absolute atomic E-state index is 0.0592. The summed E-state index contributed by atoms with van der Waals surface area (Å²) in [6.45, 7) is 3.89. The Morgan fingerprint density at radius 1 is 1.12 bits per heavy atom. The van der Waals surface area contributed by atoms with Crippen molar-refractivity contribution >= 4 is 0 Å². The summed E-state index contributed by atoms with van der Waals surface area (Å²) in [5.41, 5.74) is 1.14. The molecule has 1 heterocycles. The lowest BCUT2D eigenvalue weighted by Crippen LogP contribution is -2.38. The van der Waals surface area contributed by atoms with Crippen molar-refractivity contribution in [3.63, 3.8) is 0 Å². The molecule has 2 fully saturated rings. The highest BCUT2D eigenvalue weighted by atomic mass is 19.1. The standard InChI is InChI=1S/C22H30FNO2/c1-2-3-4-5-16-14-25-22(26-15-16)18-8-6-17(7-9-18)19-10-11-20(13-24)21(23)12-19/h10-12,16-18,22H,2-9,14-15H2,1H3/t16?,17-,18-,22?. The number of hydrogen-bond acceptors (Lipinski definition) is 3. The Bertz CT molecular complexity index is 611. The minimum atomic E-state index is -0.403. The van der Waals surface area contributed by atoms with Gasteiger partial charge in [-0.25, -0.2) is 4.39 Å². The molecule has 3 rings (SSSR count). The highest BCUT2D eigenvalue weighted by molar-refractivity contribution is 5.34. The molecule has 3 nitrogen and oxygen atoms in total. The first-order valence-corrected chi connectivity index (χ1v) is 10.1. The third-order valence-electron chi connectivity index (χ3n) is 5.95. The summed E-state index contributed by atoms with van der Waals surface area (Å²) < 4.78 is 25.9. The highest BCUT2D eigenvalue weighted by Crippen LogP contribution is 2.39. The maximum absolute atomic E-state index is 13.9. The van der Waals surface area contributed by atoms with E-state index in [0.29, 0.717) is 17.8 Å². The summed E-state index contributed by atoms with van der Waals surface area (Å²) in [5.74, 6) is 0.973. The molecular weight excluding hydrogens is 329 g/mol. The van der Waals surface area contributed by atoms with E-state index in [1.54, 1.807) is 6.07 Å². The van der Waals surface area contributed by atoms with Crippen molar-refractivity contribution in [2.45, 2.75) is 70.5 Å². The van der Waals surface area contributed by atoms with Crippen molar-refractivity contribution in [1.82, 2.24) is 0 Å². The molecule has 0 atom stereocenters. The fourth-order valence-corrected chi connectivity index (χ4v) is 4.28. The topological polar surface area (TPSA) is 42.2 Å². The van der Waals surface area contributed by atoms with Crippen LogP contribution in [0.15, 0.2) is 18.2 Å². The molecule has 0 unspecified atom stereocenters. The number of hydrogen-bond donors (Lipinski definition) is 0. The quantitative estimate of drug-likeness (QED) is 0.626. The zero-order valence-corrected chi connectivity index (χ0v) is 15.8. The molecule has 0 aromatic heterocycles. The normalized spacial score (nSPS) is 29.3. The van der Waals surface area contributed by atoms with Crippen LogP contribution in [0.1, 0.15) is 75.3 Å². The fraction of sp³-hybridized carbons (Fsp3) is 0.682. The number of halogens is 1. The van der Waals surface area contributed by atoms with Gasteiger partial charge in [-0.05, 0) is 55.7 Å². The molecule has 1 aliphatic heterocycles. The second-order valence-corrected chi connectivity index (χ2v) is 7.86. The Balaban J connectivity index is 1.44. The van der Waals surface area contributed by atoms with Gasteiger partial charge in [-0.3, -0.25) is 0 Å². The molecule has 1 saturated heterocycles. The first kappa shape index (κ1) is 19.3. The Labute approximate surface area is 156 Å². The van der Waals surface area contributed by atoms with E-state index in [-0.39, 0.29) is 11.9 Å². The summed E-state index contributed by atoms with van der Waals surface area (Å²) in [7, 11) is 0. The second-order valence-electron chi connectivity index (χ2n) is 7.86. The van der Waals surface area contributed by atoms with Gasteiger partial charge in [0.2, 0.25) is 0 Å². The smallest absolute Gasteiger partial charge is 0.160 e. The highest BCUT2D eigenvalue weighted by Gasteiger charge is 2.32. The van der Waals surface area contributed by atoms with Gasteiger partial charge in [0.25, 0.3) is 0 Å². The maximum Gasteiger partial charge on any atom is 0.160 e. The predicted octanol–water partition coefficient (Wildman–Crippen LogP) is 5.54. The summed E-state index contributed by atoms with van der Waals surface area (Å²) in [6.07, 6.45) is 9.12. The first-order chi connectivity index (χ1) is 12.7. The molecule has 0 N–H and O–H groups in total. The summed E-state index contributed by atoms with van der Waals surface area (Å²) >= 11 is 0. The largest absolute Gasteiger partial charge is 0.352 e. The maximum atomic E-state index is 13.9. The molecule has 142 valence electrons. The van der Waals surface area contributed by atoms with Crippen LogP contribution in [-0.4, -0.2) is 19.5 Å². The molecule has 26 heavy (non-hydrogen) atoms. The van der Waals surface area contributed by atoms with Gasteiger partial charge in [0, 0.05) is 11.8 Å². The molecule has 0 bridgehead atoms. The molecule has 1 aromatic carbocycles. The van der Waals surface area contributed by atoms with Crippen LogP contribution in [0.2, 0.25) is 0 Å². The number of unbranched alkanes of at least 4 members (excludes halogenated alkanes) is 2. The average Bonchev–Trinajstić information content (AvgIpc) is 2.69.